The molecular formula is C6H8N4O3. The molecule has 1 amide bonds. The van der Waals surface area contributed by atoms with Gasteiger partial charge in [0.2, 0.25) is 0 Å². The molecule has 1 fully saturated rings. The van der Waals surface area contributed by atoms with Crippen LogP contribution in [0.25, 0.3) is 10.4 Å². The second-order valence-electron chi connectivity index (χ2n) is 2.62. The maximum Gasteiger partial charge on any atom is 0.408 e. The molecule has 1 N–H and O–H groups in total. The predicted molar refractivity (Wildman–Crippen MR) is 41.9 cm³/mol. The molecule has 1 aliphatic heterocycles. The van der Waals surface area contributed by atoms with Crippen molar-refractivity contribution in [2.24, 2.45) is 5.11 Å². The quantitative estimate of drug-likeness (QED) is 0.372. The molecule has 7 nitrogen and oxygen atoms in total. The average Bonchev–Trinajstić information content (AvgIpc) is 2.08. The zero-order valence-corrected chi connectivity index (χ0v) is 6.75. The lowest BCUT2D eigenvalue weighted by Gasteiger charge is -2.28. The summed E-state index contributed by atoms with van der Waals surface area (Å²) in [6, 6.07) is 0. The molecular weight excluding hydrogens is 176 g/mol. The van der Waals surface area contributed by atoms with Crippen LogP contribution in [0, 0.1) is 0 Å². The Morgan fingerprint density at radius 2 is 2.46 bits per heavy atom. The van der Waals surface area contributed by atoms with Crippen molar-refractivity contribution in [1.29, 1.82) is 0 Å². The minimum absolute atomic E-state index is 0.241. The number of likely N-dealkylation sites (tertiary alicyclic amines) is 1. The largest absolute Gasteiger partial charge is 0.465 e. The summed E-state index contributed by atoms with van der Waals surface area (Å²) < 4.78 is 0. The highest BCUT2D eigenvalue weighted by Crippen LogP contribution is 2.14. The third-order valence-electron chi connectivity index (χ3n) is 1.81. The van der Waals surface area contributed by atoms with Crippen LogP contribution in [0.2, 0.25) is 0 Å². The van der Waals surface area contributed by atoms with E-state index in [9.17, 15) is 9.59 Å². The van der Waals surface area contributed by atoms with Crippen molar-refractivity contribution >= 4 is 11.9 Å². The first-order valence-electron chi connectivity index (χ1n) is 3.73. The van der Waals surface area contributed by atoms with E-state index >= 15 is 0 Å². The van der Waals surface area contributed by atoms with Crippen molar-refractivity contribution in [1.82, 2.24) is 4.90 Å². The number of rotatable bonds is 1. The molecule has 0 saturated carbocycles. The summed E-state index contributed by atoms with van der Waals surface area (Å²) in [4.78, 5) is 25.0. The number of nitrogens with zero attached hydrogens (tertiary/aromatic N) is 4. The van der Waals surface area contributed by atoms with E-state index in [1.54, 1.807) is 0 Å². The molecule has 13 heavy (non-hydrogen) atoms. The summed E-state index contributed by atoms with van der Waals surface area (Å²) in [5.41, 5.74) is 8.12. The fourth-order valence-corrected chi connectivity index (χ4v) is 1.22. The van der Waals surface area contributed by atoms with Gasteiger partial charge in [0.1, 0.15) is 0 Å². The van der Waals surface area contributed by atoms with Gasteiger partial charge in [-0.25, -0.2) is 4.79 Å². The van der Waals surface area contributed by atoms with Gasteiger partial charge in [0.05, 0.1) is 0 Å². The number of azide groups is 1. The predicted octanol–water partition coefficient (Wildman–Crippen LogP) is 0.966. The van der Waals surface area contributed by atoms with Crippen LogP contribution in [0.3, 0.4) is 0 Å². The molecule has 1 heterocycles. The second kappa shape index (κ2) is 3.77. The number of ketones is 1. The van der Waals surface area contributed by atoms with Crippen LogP contribution >= 0.6 is 0 Å². The van der Waals surface area contributed by atoms with Gasteiger partial charge in [0.25, 0.3) is 0 Å². The summed E-state index contributed by atoms with van der Waals surface area (Å²) in [6.45, 7) is 0.241. The zero-order chi connectivity index (χ0) is 9.84. The smallest absolute Gasteiger partial charge is 0.408 e. The van der Waals surface area contributed by atoms with E-state index in [-0.39, 0.29) is 18.7 Å². The van der Waals surface area contributed by atoms with Crippen LogP contribution in [0.1, 0.15) is 12.8 Å². The molecule has 70 valence electrons. The number of carbonyl (C=O) groups is 2. The molecule has 1 rings (SSSR count). The highest BCUT2D eigenvalue weighted by Gasteiger charge is 2.31. The Balaban J connectivity index is 2.85. The van der Waals surface area contributed by atoms with Crippen LogP contribution in [0.5, 0.6) is 0 Å². The second-order valence-corrected chi connectivity index (χ2v) is 2.62. The maximum atomic E-state index is 11.1. The standard InChI is InChI=1S/C6H8N4O3/c7-9-8-5-4(11)2-1-3-10(5)6(12)13/h5H,1-3H2,(H,12,13). The SMILES string of the molecule is [N-]=[N+]=NC1C(=O)CCCN1C(=O)O. The summed E-state index contributed by atoms with van der Waals surface area (Å²) >= 11 is 0. The number of hydrogen-bond acceptors (Lipinski definition) is 3. The molecule has 1 aliphatic rings. The summed E-state index contributed by atoms with van der Waals surface area (Å²) in [7, 11) is 0. The Labute approximate surface area is 73.6 Å². The third-order valence-corrected chi connectivity index (χ3v) is 1.81. The van der Waals surface area contributed by atoms with E-state index in [2.05, 4.69) is 10.0 Å². The van der Waals surface area contributed by atoms with Gasteiger partial charge in [-0.3, -0.25) is 9.69 Å². The van der Waals surface area contributed by atoms with E-state index < -0.39 is 12.3 Å². The number of amides is 1. The first-order valence-corrected chi connectivity index (χ1v) is 3.73. The number of carboxylic acid groups (broad SMARTS) is 1. The van der Waals surface area contributed by atoms with Crippen molar-refractivity contribution in [3.05, 3.63) is 10.4 Å². The lowest BCUT2D eigenvalue weighted by molar-refractivity contribution is -0.125. The van der Waals surface area contributed by atoms with Gasteiger partial charge in [-0.15, -0.1) is 0 Å². The van der Waals surface area contributed by atoms with Crippen LogP contribution in [0.15, 0.2) is 5.11 Å². The molecule has 0 aromatic heterocycles. The lowest BCUT2D eigenvalue weighted by Crippen LogP contribution is -2.47. The van der Waals surface area contributed by atoms with Crippen LogP contribution < -0.4 is 0 Å². The Bertz CT molecular complexity index is 284. The number of hydrogen-bond donors (Lipinski definition) is 1. The number of Topliss-reactive ketones (excluding diaryl/α,β-unsaturated/α-hetero) is 1. The van der Waals surface area contributed by atoms with Gasteiger partial charge in [-0.2, -0.15) is 0 Å². The summed E-state index contributed by atoms with van der Waals surface area (Å²) in [5.74, 6) is -0.341. The topological polar surface area (TPSA) is 106 Å². The van der Waals surface area contributed by atoms with Gasteiger partial charge < -0.3 is 5.11 Å². The number of carbonyl (C=O) groups excluding carboxylic acids is 1. The van der Waals surface area contributed by atoms with Crippen LogP contribution in [0.4, 0.5) is 4.79 Å². The molecule has 0 aromatic carbocycles. The molecule has 1 saturated heterocycles. The Hall–Kier alpha value is -1.75. The molecule has 0 aromatic rings. The van der Waals surface area contributed by atoms with E-state index in [0.717, 1.165) is 4.90 Å². The normalized spacial score (nSPS) is 22.3. The van der Waals surface area contributed by atoms with Crippen molar-refractivity contribution in [2.75, 3.05) is 6.54 Å². The first-order chi connectivity index (χ1) is 6.16. The fourth-order valence-electron chi connectivity index (χ4n) is 1.22. The van der Waals surface area contributed by atoms with Gasteiger partial charge in [0, 0.05) is 17.9 Å². The molecule has 7 heteroatoms. The highest BCUT2D eigenvalue weighted by atomic mass is 16.4. The highest BCUT2D eigenvalue weighted by molar-refractivity contribution is 5.87. The Kier molecular flexibility index (Phi) is 2.71. The molecule has 1 atom stereocenters. The maximum absolute atomic E-state index is 11.1. The Morgan fingerprint density at radius 3 is 3.00 bits per heavy atom. The summed E-state index contributed by atoms with van der Waals surface area (Å²) in [5, 5.41) is 11.8. The van der Waals surface area contributed by atoms with Crippen molar-refractivity contribution in [3.63, 3.8) is 0 Å². The van der Waals surface area contributed by atoms with Crippen molar-refractivity contribution < 1.29 is 14.7 Å². The van der Waals surface area contributed by atoms with Gasteiger partial charge in [-0.1, -0.05) is 5.11 Å². The Morgan fingerprint density at radius 1 is 1.77 bits per heavy atom. The monoisotopic (exact) mass is 184 g/mol. The number of piperidine rings is 1. The van der Waals surface area contributed by atoms with Gasteiger partial charge >= 0.3 is 6.09 Å². The summed E-state index contributed by atoms with van der Waals surface area (Å²) in [6.07, 6.45) is -1.64. The molecule has 0 bridgehead atoms. The minimum Gasteiger partial charge on any atom is -0.465 e. The van der Waals surface area contributed by atoms with E-state index in [0.29, 0.717) is 6.42 Å². The van der Waals surface area contributed by atoms with Crippen molar-refractivity contribution in [2.45, 2.75) is 19.0 Å². The molecule has 0 radical (unpaired) electrons. The third kappa shape index (κ3) is 1.88. The lowest BCUT2D eigenvalue weighted by atomic mass is 10.1. The zero-order valence-electron chi connectivity index (χ0n) is 6.75. The van der Waals surface area contributed by atoms with Gasteiger partial charge in [0.15, 0.2) is 11.9 Å². The van der Waals surface area contributed by atoms with E-state index in [1.165, 1.54) is 0 Å². The van der Waals surface area contributed by atoms with Crippen LogP contribution in [-0.2, 0) is 4.79 Å². The molecule has 0 spiro atoms. The van der Waals surface area contributed by atoms with E-state index in [4.69, 9.17) is 10.6 Å². The average molecular weight is 184 g/mol. The molecule has 0 aliphatic carbocycles. The van der Waals surface area contributed by atoms with Crippen molar-refractivity contribution in [3.8, 4) is 0 Å². The van der Waals surface area contributed by atoms with Crippen LogP contribution in [-0.4, -0.2) is 34.6 Å². The molecule has 1 unspecified atom stereocenters. The van der Waals surface area contributed by atoms with E-state index in [1.807, 2.05) is 0 Å². The fraction of sp³-hybridized carbons (Fsp3) is 0.667. The van der Waals surface area contributed by atoms with Gasteiger partial charge in [-0.05, 0) is 12.0 Å². The minimum atomic E-state index is -1.23. The first kappa shape index (κ1) is 9.34.